The molecule has 1 unspecified atom stereocenters. The molecule has 0 amide bonds. The lowest BCUT2D eigenvalue weighted by Gasteiger charge is -2.36. The van der Waals surface area contributed by atoms with Crippen LogP contribution in [0.25, 0.3) is 16.9 Å². The van der Waals surface area contributed by atoms with Crippen LogP contribution < -0.4 is 15.8 Å². The average molecular weight is 537 g/mol. The smallest absolute Gasteiger partial charge is 0.278 e. The molecule has 3 aromatic heterocycles. The first-order valence-electron chi connectivity index (χ1n) is 14.5. The Bertz CT molecular complexity index is 1610. The molecule has 0 radical (unpaired) electrons. The molecule has 1 aromatic carbocycles. The molecular weight excluding hydrogens is 500 g/mol. The summed E-state index contributed by atoms with van der Waals surface area (Å²) >= 11 is 0. The minimum atomic E-state index is -0.154. The molecule has 9 heteroatoms. The van der Waals surface area contributed by atoms with E-state index >= 15 is 0 Å². The highest BCUT2D eigenvalue weighted by molar-refractivity contribution is 5.77. The first-order valence-corrected chi connectivity index (χ1v) is 14.5. The number of anilines is 3. The van der Waals surface area contributed by atoms with Crippen molar-refractivity contribution in [3.63, 3.8) is 0 Å². The summed E-state index contributed by atoms with van der Waals surface area (Å²) in [6, 6.07) is 12.6. The van der Waals surface area contributed by atoms with Gasteiger partial charge >= 0.3 is 0 Å². The van der Waals surface area contributed by atoms with E-state index in [1.807, 2.05) is 10.7 Å². The number of benzene rings is 1. The second-order valence-corrected chi connectivity index (χ2v) is 11.5. The molecule has 3 aliphatic rings. The highest BCUT2D eigenvalue weighted by atomic mass is 16.1. The lowest BCUT2D eigenvalue weighted by molar-refractivity contribution is 0.248. The Balaban J connectivity index is 1.14. The number of piperazine rings is 1. The summed E-state index contributed by atoms with van der Waals surface area (Å²) in [6.07, 6.45) is 8.29. The third-order valence-electron chi connectivity index (χ3n) is 8.58. The van der Waals surface area contributed by atoms with Gasteiger partial charge < -0.3 is 10.2 Å². The fourth-order valence-corrected chi connectivity index (χ4v) is 6.11. The molecule has 9 nitrogen and oxygen atoms in total. The quantitative estimate of drug-likeness (QED) is 0.332. The highest BCUT2D eigenvalue weighted by Crippen LogP contribution is 2.32. The SMILES string of the molecule is C=CCn1c(=O)c2cnc(Nc3ccc(N4CCN(CC5CC5)CC4)cc3)nc2n1-c1ccc2c(n1)C(C)CC2. The summed E-state index contributed by atoms with van der Waals surface area (Å²) in [6.45, 7) is 12.1. The van der Waals surface area contributed by atoms with Gasteiger partial charge in [-0.1, -0.05) is 19.1 Å². The van der Waals surface area contributed by atoms with E-state index in [2.05, 4.69) is 63.9 Å². The number of hydrogen-bond acceptors (Lipinski definition) is 7. The van der Waals surface area contributed by atoms with Crippen LogP contribution in [-0.2, 0) is 13.0 Å². The van der Waals surface area contributed by atoms with Gasteiger partial charge in [-0.2, -0.15) is 4.98 Å². The molecule has 206 valence electrons. The van der Waals surface area contributed by atoms with Crippen LogP contribution in [0.4, 0.5) is 17.3 Å². The molecule has 1 saturated carbocycles. The molecule has 0 bridgehead atoms. The third kappa shape index (κ3) is 4.68. The van der Waals surface area contributed by atoms with Gasteiger partial charge in [0.1, 0.15) is 5.39 Å². The molecule has 2 aliphatic carbocycles. The van der Waals surface area contributed by atoms with Crippen LogP contribution in [0, 0.1) is 5.92 Å². The maximum Gasteiger partial charge on any atom is 0.278 e. The molecule has 4 heterocycles. The summed E-state index contributed by atoms with van der Waals surface area (Å²) in [5.41, 5.74) is 4.90. The Morgan fingerprint density at radius 3 is 2.58 bits per heavy atom. The predicted octanol–water partition coefficient (Wildman–Crippen LogP) is 4.49. The number of allylic oxidation sites excluding steroid dienone is 1. The fraction of sp³-hybridized carbons (Fsp3) is 0.419. The number of aromatic nitrogens is 5. The van der Waals surface area contributed by atoms with E-state index in [1.54, 1.807) is 17.0 Å². The van der Waals surface area contributed by atoms with Crippen molar-refractivity contribution in [1.82, 2.24) is 29.2 Å². The zero-order valence-corrected chi connectivity index (χ0v) is 23.1. The van der Waals surface area contributed by atoms with Crippen LogP contribution in [0.5, 0.6) is 0 Å². The van der Waals surface area contributed by atoms with Gasteiger partial charge in [0.15, 0.2) is 11.5 Å². The minimum absolute atomic E-state index is 0.154. The minimum Gasteiger partial charge on any atom is -0.369 e. The predicted molar refractivity (Wildman–Crippen MR) is 159 cm³/mol. The molecule has 40 heavy (non-hydrogen) atoms. The van der Waals surface area contributed by atoms with Crippen molar-refractivity contribution >= 4 is 28.4 Å². The van der Waals surface area contributed by atoms with Gasteiger partial charge in [0.05, 0.1) is 6.54 Å². The van der Waals surface area contributed by atoms with Gasteiger partial charge in [0, 0.05) is 56.0 Å². The van der Waals surface area contributed by atoms with Gasteiger partial charge in [-0.25, -0.2) is 19.3 Å². The van der Waals surface area contributed by atoms with Crippen molar-refractivity contribution in [2.45, 2.75) is 45.1 Å². The summed E-state index contributed by atoms with van der Waals surface area (Å²) in [4.78, 5) is 32.6. The van der Waals surface area contributed by atoms with Crippen molar-refractivity contribution < 1.29 is 0 Å². The van der Waals surface area contributed by atoms with Crippen molar-refractivity contribution in [2.24, 2.45) is 5.92 Å². The average Bonchev–Trinajstić information content (AvgIpc) is 3.66. The van der Waals surface area contributed by atoms with E-state index in [0.29, 0.717) is 35.3 Å². The number of hydrogen-bond donors (Lipinski definition) is 1. The lowest BCUT2D eigenvalue weighted by Crippen LogP contribution is -2.47. The lowest BCUT2D eigenvalue weighted by atomic mass is 10.1. The molecule has 1 N–H and O–H groups in total. The van der Waals surface area contributed by atoms with Crippen molar-refractivity contribution in [3.05, 3.63) is 76.9 Å². The molecule has 1 aliphatic heterocycles. The van der Waals surface area contributed by atoms with Crippen LogP contribution in [0.3, 0.4) is 0 Å². The van der Waals surface area contributed by atoms with E-state index in [0.717, 1.165) is 56.3 Å². The van der Waals surface area contributed by atoms with Crippen LogP contribution in [0.15, 0.2) is 60.0 Å². The monoisotopic (exact) mass is 536 g/mol. The van der Waals surface area contributed by atoms with Gasteiger partial charge in [-0.15, -0.1) is 6.58 Å². The van der Waals surface area contributed by atoms with Crippen LogP contribution >= 0.6 is 0 Å². The van der Waals surface area contributed by atoms with E-state index in [9.17, 15) is 4.79 Å². The zero-order chi connectivity index (χ0) is 27.2. The maximum absolute atomic E-state index is 13.3. The second-order valence-electron chi connectivity index (χ2n) is 11.5. The van der Waals surface area contributed by atoms with E-state index in [4.69, 9.17) is 9.97 Å². The highest BCUT2D eigenvalue weighted by Gasteiger charge is 2.27. The fourth-order valence-electron chi connectivity index (χ4n) is 6.11. The molecule has 1 atom stereocenters. The van der Waals surface area contributed by atoms with Gasteiger partial charge in [-0.05, 0) is 73.4 Å². The van der Waals surface area contributed by atoms with Gasteiger partial charge in [0.25, 0.3) is 5.56 Å². The number of pyridine rings is 1. The Labute approximate surface area is 234 Å². The Kier molecular flexibility index (Phi) is 6.38. The summed E-state index contributed by atoms with van der Waals surface area (Å²) in [5.74, 6) is 2.47. The second kappa shape index (κ2) is 10.2. The van der Waals surface area contributed by atoms with Gasteiger partial charge in [-0.3, -0.25) is 9.69 Å². The number of rotatable bonds is 8. The van der Waals surface area contributed by atoms with E-state index in [-0.39, 0.29) is 5.56 Å². The Morgan fingerprint density at radius 1 is 1.02 bits per heavy atom. The van der Waals surface area contributed by atoms with Crippen molar-refractivity contribution in [3.8, 4) is 5.82 Å². The molecule has 4 aromatic rings. The van der Waals surface area contributed by atoms with Crippen molar-refractivity contribution in [2.75, 3.05) is 42.9 Å². The zero-order valence-electron chi connectivity index (χ0n) is 23.1. The maximum atomic E-state index is 13.3. The molecule has 0 spiro atoms. The topological polar surface area (TPSA) is 84.1 Å². The van der Waals surface area contributed by atoms with Gasteiger partial charge in [0.2, 0.25) is 5.95 Å². The first kappa shape index (κ1) is 25.0. The van der Waals surface area contributed by atoms with Crippen LogP contribution in [0.1, 0.15) is 43.4 Å². The van der Waals surface area contributed by atoms with Crippen LogP contribution in [-0.4, -0.2) is 61.9 Å². The van der Waals surface area contributed by atoms with E-state index in [1.165, 1.54) is 30.6 Å². The number of nitrogens with zero attached hydrogens (tertiary/aromatic N) is 7. The molecule has 2 fully saturated rings. The number of aryl methyl sites for hydroxylation is 1. The Morgan fingerprint density at radius 2 is 1.82 bits per heavy atom. The Hall–Kier alpha value is -3.98. The molecule has 1 saturated heterocycles. The largest absolute Gasteiger partial charge is 0.369 e. The summed E-state index contributed by atoms with van der Waals surface area (Å²) in [5, 5.41) is 3.79. The molecule has 7 rings (SSSR count). The van der Waals surface area contributed by atoms with E-state index < -0.39 is 0 Å². The normalized spacial score (nSPS) is 19.2. The van der Waals surface area contributed by atoms with Crippen molar-refractivity contribution in [1.29, 1.82) is 0 Å². The standard InChI is InChI=1S/C31H36N8O/c1-3-14-38-30(40)26-19-32-31(35-29(26)39(38)27-13-8-23-7-4-21(2)28(23)34-27)33-24-9-11-25(12-10-24)37-17-15-36(16-18-37)20-22-5-6-22/h3,8-13,19,21-22H,1,4-7,14-18,20H2,2H3,(H,32,33,35). The third-order valence-corrected chi connectivity index (χ3v) is 8.58. The first-order chi connectivity index (χ1) is 19.6. The number of fused-ring (bicyclic) bond motifs is 2. The summed E-state index contributed by atoms with van der Waals surface area (Å²) in [7, 11) is 0. The van der Waals surface area contributed by atoms with Crippen LogP contribution in [0.2, 0.25) is 0 Å². The molecular formula is C31H36N8O. The summed E-state index contributed by atoms with van der Waals surface area (Å²) < 4.78 is 3.44. The number of nitrogens with one attached hydrogen (secondary N) is 1.